The largest absolute Gasteiger partial charge is 0.397 e. The molecule has 0 aliphatic heterocycles. The number of hydrogen-bond acceptors (Lipinski definition) is 5. The second-order valence-corrected chi connectivity index (χ2v) is 2.45. The Kier molecular flexibility index (Phi) is 10.6. The molecule has 0 unspecified atom stereocenters. The van der Waals surface area contributed by atoms with E-state index in [0.717, 1.165) is 0 Å². The molecule has 0 aromatic carbocycles. The van der Waals surface area contributed by atoms with Crippen molar-refractivity contribution < 1.29 is 25.5 Å². The van der Waals surface area contributed by atoms with Crippen LogP contribution < -0.4 is 0 Å². The highest BCUT2D eigenvalue weighted by Gasteiger charge is 2.26. The Morgan fingerprint density at radius 2 is 0.917 bits per heavy atom. The molecule has 0 aliphatic rings. The van der Waals surface area contributed by atoms with Crippen molar-refractivity contribution >= 4 is 0 Å². The van der Waals surface area contributed by atoms with Crippen LogP contribution in [-0.2, 0) is 0 Å². The van der Waals surface area contributed by atoms with Gasteiger partial charge in [0.05, 0.1) is 31.8 Å². The summed E-state index contributed by atoms with van der Waals surface area (Å²) in [6.07, 6.45) is 0. The van der Waals surface area contributed by atoms with Crippen LogP contribution in [0.2, 0.25) is 0 Å². The molecule has 0 radical (unpaired) electrons. The Bertz CT molecular complexity index is 64.4. The molecule has 5 heteroatoms. The second-order valence-electron chi connectivity index (χ2n) is 2.45. The molecular formula is C7H18O5. The van der Waals surface area contributed by atoms with E-state index in [-0.39, 0.29) is 6.61 Å². The van der Waals surface area contributed by atoms with Crippen LogP contribution in [0.25, 0.3) is 0 Å². The maximum Gasteiger partial charge on any atom is 0.0627 e. The van der Waals surface area contributed by atoms with Gasteiger partial charge >= 0.3 is 0 Å². The van der Waals surface area contributed by atoms with Crippen LogP contribution in [0, 0.1) is 5.41 Å². The van der Waals surface area contributed by atoms with Crippen LogP contribution in [0.15, 0.2) is 0 Å². The predicted molar refractivity (Wildman–Crippen MR) is 43.5 cm³/mol. The summed E-state index contributed by atoms with van der Waals surface area (Å²) in [6.45, 7) is 0.306. The fourth-order valence-corrected chi connectivity index (χ4v) is 0.300. The zero-order valence-electron chi connectivity index (χ0n) is 7.27. The van der Waals surface area contributed by atoms with Crippen LogP contribution in [0.1, 0.15) is 6.92 Å². The Hall–Kier alpha value is -0.200. The third kappa shape index (κ3) is 5.45. The summed E-state index contributed by atoms with van der Waals surface area (Å²) in [6, 6.07) is 0. The molecule has 0 heterocycles. The minimum Gasteiger partial charge on any atom is -0.397 e. The minimum atomic E-state index is -1.11. The number of aliphatic hydroxyl groups is 5. The first-order chi connectivity index (χ1) is 5.66. The van der Waals surface area contributed by atoms with E-state index in [1.807, 2.05) is 0 Å². The monoisotopic (exact) mass is 182 g/mol. The molecular weight excluding hydrogens is 164 g/mol. The number of aliphatic hydroxyl groups excluding tert-OH is 5. The lowest BCUT2D eigenvalue weighted by atomic mass is 9.93. The third-order valence-electron chi connectivity index (χ3n) is 1.34. The van der Waals surface area contributed by atoms with Crippen molar-refractivity contribution in [1.29, 1.82) is 0 Å². The first kappa shape index (κ1) is 14.3. The number of hydrogen-bond donors (Lipinski definition) is 5. The van der Waals surface area contributed by atoms with E-state index in [1.54, 1.807) is 6.92 Å². The average Bonchev–Trinajstić information content (AvgIpc) is 2.11. The Balaban J connectivity index is 0. The SMILES string of the molecule is CCO.OCC(CO)(CO)CO. The van der Waals surface area contributed by atoms with Gasteiger partial charge in [0.25, 0.3) is 0 Å². The quantitative estimate of drug-likeness (QED) is 0.344. The molecule has 5 N–H and O–H groups in total. The van der Waals surface area contributed by atoms with E-state index in [4.69, 9.17) is 25.5 Å². The molecule has 0 aliphatic carbocycles. The molecule has 5 nitrogen and oxygen atoms in total. The summed E-state index contributed by atoms with van der Waals surface area (Å²) in [5.74, 6) is 0. The van der Waals surface area contributed by atoms with Gasteiger partial charge in [0.1, 0.15) is 0 Å². The highest BCUT2D eigenvalue weighted by atomic mass is 16.3. The second kappa shape index (κ2) is 8.89. The lowest BCUT2D eigenvalue weighted by Gasteiger charge is -2.23. The Morgan fingerprint density at radius 1 is 0.750 bits per heavy atom. The first-order valence-electron chi connectivity index (χ1n) is 3.70. The molecule has 0 saturated heterocycles. The molecule has 0 atom stereocenters. The smallest absolute Gasteiger partial charge is 0.0627 e. The standard InChI is InChI=1S/C5H12O4.C2H6O/c6-1-5(2-7,3-8)4-9;1-2-3/h6-9H,1-4H2;3H,2H2,1H3. The van der Waals surface area contributed by atoms with Crippen LogP contribution in [-0.4, -0.2) is 58.6 Å². The van der Waals surface area contributed by atoms with Gasteiger partial charge in [-0.25, -0.2) is 0 Å². The summed E-state index contributed by atoms with van der Waals surface area (Å²) >= 11 is 0. The minimum absolute atomic E-state index is 0.250. The molecule has 0 aromatic rings. The van der Waals surface area contributed by atoms with Gasteiger partial charge in [-0.3, -0.25) is 0 Å². The highest BCUT2D eigenvalue weighted by molar-refractivity contribution is 4.74. The summed E-state index contributed by atoms with van der Waals surface area (Å²) in [4.78, 5) is 0. The van der Waals surface area contributed by atoms with Crippen LogP contribution in [0.3, 0.4) is 0 Å². The lowest BCUT2D eigenvalue weighted by Crippen LogP contribution is -2.37. The molecule has 0 bridgehead atoms. The van der Waals surface area contributed by atoms with E-state index >= 15 is 0 Å². The Labute approximate surface area is 71.9 Å². The van der Waals surface area contributed by atoms with E-state index in [0.29, 0.717) is 0 Å². The lowest BCUT2D eigenvalue weighted by molar-refractivity contribution is -0.0328. The van der Waals surface area contributed by atoms with E-state index in [9.17, 15) is 0 Å². The fraction of sp³-hybridized carbons (Fsp3) is 1.00. The van der Waals surface area contributed by atoms with Crippen molar-refractivity contribution in [2.24, 2.45) is 5.41 Å². The summed E-state index contributed by atoms with van der Waals surface area (Å²) in [5, 5.41) is 41.6. The molecule has 0 spiro atoms. The fourth-order valence-electron chi connectivity index (χ4n) is 0.300. The maximum atomic E-state index is 8.50. The normalized spacial score (nSPS) is 10.5. The third-order valence-corrected chi connectivity index (χ3v) is 1.34. The van der Waals surface area contributed by atoms with Crippen molar-refractivity contribution in [1.82, 2.24) is 0 Å². The van der Waals surface area contributed by atoms with Crippen LogP contribution in [0.4, 0.5) is 0 Å². The van der Waals surface area contributed by atoms with Gasteiger partial charge in [-0.2, -0.15) is 0 Å². The molecule has 0 fully saturated rings. The summed E-state index contributed by atoms with van der Waals surface area (Å²) < 4.78 is 0. The van der Waals surface area contributed by atoms with Crippen molar-refractivity contribution in [3.8, 4) is 0 Å². The van der Waals surface area contributed by atoms with Gasteiger partial charge < -0.3 is 25.5 Å². The average molecular weight is 182 g/mol. The van der Waals surface area contributed by atoms with Gasteiger partial charge in [-0.15, -0.1) is 0 Å². The maximum absolute atomic E-state index is 8.50. The zero-order valence-corrected chi connectivity index (χ0v) is 7.27. The topological polar surface area (TPSA) is 101 Å². The van der Waals surface area contributed by atoms with Gasteiger partial charge in [0.15, 0.2) is 0 Å². The van der Waals surface area contributed by atoms with Crippen molar-refractivity contribution in [3.05, 3.63) is 0 Å². The predicted octanol–water partition coefficient (Wildman–Crippen LogP) is -2.06. The van der Waals surface area contributed by atoms with Crippen molar-refractivity contribution in [2.75, 3.05) is 33.0 Å². The van der Waals surface area contributed by atoms with Gasteiger partial charge in [-0.05, 0) is 6.92 Å². The number of rotatable bonds is 4. The van der Waals surface area contributed by atoms with E-state index in [1.165, 1.54) is 0 Å². The first-order valence-corrected chi connectivity index (χ1v) is 3.70. The van der Waals surface area contributed by atoms with Gasteiger partial charge in [-0.1, -0.05) is 0 Å². The van der Waals surface area contributed by atoms with Crippen LogP contribution >= 0.6 is 0 Å². The van der Waals surface area contributed by atoms with Crippen molar-refractivity contribution in [2.45, 2.75) is 6.92 Å². The molecule has 12 heavy (non-hydrogen) atoms. The van der Waals surface area contributed by atoms with Gasteiger partial charge in [0.2, 0.25) is 0 Å². The van der Waals surface area contributed by atoms with Crippen LogP contribution in [0.5, 0.6) is 0 Å². The summed E-state index contributed by atoms with van der Waals surface area (Å²) in [7, 11) is 0. The molecule has 0 saturated carbocycles. The van der Waals surface area contributed by atoms with Gasteiger partial charge in [0, 0.05) is 6.61 Å². The zero-order chi connectivity index (χ0) is 10.0. The Morgan fingerprint density at radius 3 is 0.917 bits per heavy atom. The summed E-state index contributed by atoms with van der Waals surface area (Å²) in [5.41, 5.74) is -1.11. The molecule has 76 valence electrons. The highest BCUT2D eigenvalue weighted by Crippen LogP contribution is 2.11. The molecule has 0 rings (SSSR count). The van der Waals surface area contributed by atoms with E-state index in [2.05, 4.69) is 0 Å². The van der Waals surface area contributed by atoms with E-state index < -0.39 is 31.8 Å². The molecule has 0 amide bonds. The molecule has 0 aromatic heterocycles. The van der Waals surface area contributed by atoms with Crippen molar-refractivity contribution in [3.63, 3.8) is 0 Å².